The summed E-state index contributed by atoms with van der Waals surface area (Å²) < 4.78 is 0. The quantitative estimate of drug-likeness (QED) is 0.767. The zero-order valence-electron chi connectivity index (χ0n) is 8.99. The molecule has 0 radical (unpaired) electrons. The maximum absolute atomic E-state index is 9.34. The van der Waals surface area contributed by atoms with Gasteiger partial charge in [-0.25, -0.2) is 0 Å². The summed E-state index contributed by atoms with van der Waals surface area (Å²) in [6.07, 6.45) is 0. The van der Waals surface area contributed by atoms with Crippen LogP contribution in [0.15, 0.2) is 24.3 Å². The maximum atomic E-state index is 9.34. The minimum Gasteiger partial charge on any atom is -0.508 e. The van der Waals surface area contributed by atoms with E-state index in [1.807, 2.05) is 19.2 Å². The Bertz CT molecular complexity index is 310. The second kappa shape index (κ2) is 3.88. The molecule has 3 N–H and O–H groups in total. The van der Waals surface area contributed by atoms with Crippen LogP contribution in [-0.4, -0.2) is 24.2 Å². The molecular formula is C11H18N2O. The van der Waals surface area contributed by atoms with Gasteiger partial charge in [-0.1, -0.05) is 6.07 Å². The lowest BCUT2D eigenvalue weighted by atomic mass is 10.0. The molecule has 78 valence electrons. The highest BCUT2D eigenvalue weighted by molar-refractivity contribution is 5.51. The van der Waals surface area contributed by atoms with Gasteiger partial charge in [-0.15, -0.1) is 0 Å². The topological polar surface area (TPSA) is 49.5 Å². The number of likely N-dealkylation sites (N-methyl/N-ethyl adjacent to an activating group) is 1. The van der Waals surface area contributed by atoms with Crippen LogP contribution in [0.2, 0.25) is 0 Å². The van der Waals surface area contributed by atoms with Crippen molar-refractivity contribution in [2.75, 3.05) is 18.5 Å². The van der Waals surface area contributed by atoms with Gasteiger partial charge in [0, 0.05) is 30.9 Å². The van der Waals surface area contributed by atoms with E-state index in [0.717, 1.165) is 5.69 Å². The van der Waals surface area contributed by atoms with E-state index in [-0.39, 0.29) is 11.3 Å². The first kappa shape index (κ1) is 10.9. The Balaban J connectivity index is 2.94. The third kappa shape index (κ3) is 2.17. The molecule has 0 aliphatic rings. The molecule has 0 bridgehead atoms. The summed E-state index contributed by atoms with van der Waals surface area (Å²) in [5, 5.41) is 9.34. The van der Waals surface area contributed by atoms with Gasteiger partial charge in [-0.3, -0.25) is 0 Å². The Morgan fingerprint density at radius 1 is 1.43 bits per heavy atom. The average molecular weight is 194 g/mol. The molecule has 0 atom stereocenters. The Morgan fingerprint density at radius 3 is 2.57 bits per heavy atom. The van der Waals surface area contributed by atoms with Crippen molar-refractivity contribution in [2.24, 2.45) is 5.73 Å². The molecule has 1 aromatic carbocycles. The predicted molar refractivity (Wildman–Crippen MR) is 59.6 cm³/mol. The van der Waals surface area contributed by atoms with E-state index in [2.05, 4.69) is 18.7 Å². The molecule has 0 saturated carbocycles. The molecule has 0 aliphatic heterocycles. The molecule has 1 aromatic rings. The molecule has 0 saturated heterocycles. The number of anilines is 1. The number of benzene rings is 1. The summed E-state index contributed by atoms with van der Waals surface area (Å²) in [4.78, 5) is 2.06. The minimum absolute atomic E-state index is 0.103. The number of rotatable bonds is 3. The highest BCUT2D eigenvalue weighted by Gasteiger charge is 2.21. The van der Waals surface area contributed by atoms with Crippen molar-refractivity contribution in [3.8, 4) is 5.75 Å². The molecule has 0 amide bonds. The van der Waals surface area contributed by atoms with Gasteiger partial charge in [0.05, 0.1) is 0 Å². The van der Waals surface area contributed by atoms with Gasteiger partial charge in [0.25, 0.3) is 0 Å². The first-order chi connectivity index (χ1) is 6.47. The number of nitrogens with two attached hydrogens (primary N) is 1. The fourth-order valence-electron chi connectivity index (χ4n) is 1.19. The van der Waals surface area contributed by atoms with Crippen LogP contribution in [0.1, 0.15) is 13.8 Å². The van der Waals surface area contributed by atoms with Crippen LogP contribution in [-0.2, 0) is 0 Å². The fraction of sp³-hybridized carbons (Fsp3) is 0.455. The highest BCUT2D eigenvalue weighted by Crippen LogP contribution is 2.24. The first-order valence-electron chi connectivity index (χ1n) is 4.70. The lowest BCUT2D eigenvalue weighted by Gasteiger charge is -2.36. The summed E-state index contributed by atoms with van der Waals surface area (Å²) in [5.74, 6) is 0.280. The van der Waals surface area contributed by atoms with Crippen LogP contribution in [0, 0.1) is 0 Å². The molecule has 0 aromatic heterocycles. The third-order valence-electron chi connectivity index (χ3n) is 2.62. The summed E-state index contributed by atoms with van der Waals surface area (Å²) >= 11 is 0. The molecular weight excluding hydrogens is 176 g/mol. The number of nitrogens with zero attached hydrogens (tertiary/aromatic N) is 1. The Hall–Kier alpha value is -1.22. The summed E-state index contributed by atoms with van der Waals surface area (Å²) in [5.41, 5.74) is 6.55. The molecule has 1 rings (SSSR count). The molecule has 3 nitrogen and oxygen atoms in total. The molecule has 0 unspecified atom stereocenters. The summed E-state index contributed by atoms with van der Waals surface area (Å²) in [6, 6.07) is 7.18. The average Bonchev–Trinajstić information content (AvgIpc) is 2.16. The smallest absolute Gasteiger partial charge is 0.117 e. The summed E-state index contributed by atoms with van der Waals surface area (Å²) in [6.45, 7) is 4.70. The zero-order chi connectivity index (χ0) is 10.8. The van der Waals surface area contributed by atoms with Crippen molar-refractivity contribution >= 4 is 5.69 Å². The predicted octanol–water partition coefficient (Wildman–Crippen LogP) is 1.57. The van der Waals surface area contributed by atoms with Crippen LogP contribution < -0.4 is 10.6 Å². The van der Waals surface area contributed by atoms with Gasteiger partial charge in [-0.05, 0) is 26.0 Å². The molecule has 0 aliphatic carbocycles. The van der Waals surface area contributed by atoms with Gasteiger partial charge >= 0.3 is 0 Å². The molecule has 3 heteroatoms. The van der Waals surface area contributed by atoms with Crippen molar-refractivity contribution < 1.29 is 5.11 Å². The lowest BCUT2D eigenvalue weighted by molar-refractivity contribution is 0.471. The molecule has 0 spiro atoms. The molecule has 14 heavy (non-hydrogen) atoms. The van der Waals surface area contributed by atoms with E-state index < -0.39 is 0 Å². The van der Waals surface area contributed by atoms with Crippen LogP contribution in [0.25, 0.3) is 0 Å². The minimum atomic E-state index is -0.103. The second-order valence-corrected chi connectivity index (χ2v) is 4.10. The van der Waals surface area contributed by atoms with Gasteiger partial charge in [-0.2, -0.15) is 0 Å². The van der Waals surface area contributed by atoms with Gasteiger partial charge < -0.3 is 15.7 Å². The highest BCUT2D eigenvalue weighted by atomic mass is 16.3. The number of phenolic OH excluding ortho intramolecular Hbond substituents is 1. The third-order valence-corrected chi connectivity index (χ3v) is 2.62. The Kier molecular flexibility index (Phi) is 3.01. The van der Waals surface area contributed by atoms with Crippen molar-refractivity contribution in [2.45, 2.75) is 19.4 Å². The fourth-order valence-corrected chi connectivity index (χ4v) is 1.19. The van der Waals surface area contributed by atoms with Gasteiger partial charge in [0.15, 0.2) is 0 Å². The lowest BCUT2D eigenvalue weighted by Crippen LogP contribution is -2.47. The van der Waals surface area contributed by atoms with Crippen molar-refractivity contribution in [1.82, 2.24) is 0 Å². The van der Waals surface area contributed by atoms with Crippen LogP contribution in [0.4, 0.5) is 5.69 Å². The van der Waals surface area contributed by atoms with Crippen LogP contribution in [0.3, 0.4) is 0 Å². The van der Waals surface area contributed by atoms with E-state index >= 15 is 0 Å². The monoisotopic (exact) mass is 194 g/mol. The van der Waals surface area contributed by atoms with Crippen LogP contribution in [0.5, 0.6) is 5.75 Å². The van der Waals surface area contributed by atoms with E-state index in [1.54, 1.807) is 12.1 Å². The second-order valence-electron chi connectivity index (χ2n) is 4.10. The van der Waals surface area contributed by atoms with E-state index in [0.29, 0.717) is 6.54 Å². The number of hydrogen-bond acceptors (Lipinski definition) is 3. The van der Waals surface area contributed by atoms with Gasteiger partial charge in [0.1, 0.15) is 5.75 Å². The number of phenols is 1. The van der Waals surface area contributed by atoms with Crippen LogP contribution >= 0.6 is 0 Å². The maximum Gasteiger partial charge on any atom is 0.117 e. The van der Waals surface area contributed by atoms with Crippen molar-refractivity contribution in [3.63, 3.8) is 0 Å². The standard InChI is InChI=1S/C11H18N2O/c1-11(2,8-12)13(3)9-5-4-6-10(14)7-9/h4-7,14H,8,12H2,1-3H3. The normalized spacial score (nSPS) is 11.4. The Labute approximate surface area is 85.2 Å². The first-order valence-corrected chi connectivity index (χ1v) is 4.70. The largest absolute Gasteiger partial charge is 0.508 e. The summed E-state index contributed by atoms with van der Waals surface area (Å²) in [7, 11) is 1.97. The van der Waals surface area contributed by atoms with Crippen molar-refractivity contribution in [1.29, 1.82) is 0 Å². The zero-order valence-corrected chi connectivity index (χ0v) is 8.99. The van der Waals surface area contributed by atoms with E-state index in [4.69, 9.17) is 5.73 Å². The van der Waals surface area contributed by atoms with E-state index in [1.165, 1.54) is 0 Å². The van der Waals surface area contributed by atoms with Gasteiger partial charge in [0.2, 0.25) is 0 Å². The molecule has 0 heterocycles. The molecule has 0 fully saturated rings. The number of aromatic hydroxyl groups is 1. The Morgan fingerprint density at radius 2 is 2.07 bits per heavy atom. The SMILES string of the molecule is CN(c1cccc(O)c1)C(C)(C)CN. The van der Waals surface area contributed by atoms with E-state index in [9.17, 15) is 5.11 Å². The van der Waals surface area contributed by atoms with Crippen molar-refractivity contribution in [3.05, 3.63) is 24.3 Å². The number of hydrogen-bond donors (Lipinski definition) is 2.